The number of fused-ring (bicyclic) bond motifs is 1. The zero-order valence-electron chi connectivity index (χ0n) is 8.83. The highest BCUT2D eigenvalue weighted by Gasteiger charge is 2.24. The maximum Gasteiger partial charge on any atom is 0.0681 e. The lowest BCUT2D eigenvalue weighted by Crippen LogP contribution is -2.14. The monoisotopic (exact) mass is 191 g/mol. The third kappa shape index (κ3) is 1.40. The molecule has 1 aromatic carbocycles. The largest absolute Gasteiger partial charge is 0.392 e. The second-order valence-corrected chi connectivity index (χ2v) is 4.04. The summed E-state index contributed by atoms with van der Waals surface area (Å²) in [6.07, 6.45) is 1.17. The third-order valence-corrected chi connectivity index (χ3v) is 3.11. The molecule has 1 aliphatic rings. The molecule has 1 heterocycles. The second-order valence-electron chi connectivity index (χ2n) is 4.04. The van der Waals surface area contributed by atoms with Crippen LogP contribution in [0.2, 0.25) is 0 Å². The van der Waals surface area contributed by atoms with E-state index >= 15 is 0 Å². The van der Waals surface area contributed by atoms with Crippen LogP contribution in [-0.4, -0.2) is 18.7 Å². The zero-order valence-corrected chi connectivity index (χ0v) is 8.83. The van der Waals surface area contributed by atoms with Gasteiger partial charge in [0.1, 0.15) is 0 Å². The van der Waals surface area contributed by atoms with Gasteiger partial charge in [-0.3, -0.25) is 0 Å². The van der Waals surface area contributed by atoms with E-state index in [0.29, 0.717) is 5.92 Å². The Balaban J connectivity index is 2.42. The number of aliphatic hydroxyl groups excluding tert-OH is 1. The molecule has 0 amide bonds. The maximum absolute atomic E-state index is 9.08. The average Bonchev–Trinajstić information content (AvgIpc) is 2.55. The molecule has 1 aromatic rings. The summed E-state index contributed by atoms with van der Waals surface area (Å²) < 4.78 is 0. The summed E-state index contributed by atoms with van der Waals surface area (Å²) >= 11 is 0. The van der Waals surface area contributed by atoms with E-state index in [1.807, 2.05) is 6.07 Å². The van der Waals surface area contributed by atoms with Gasteiger partial charge in [0.2, 0.25) is 0 Å². The Labute approximate surface area is 85.2 Å². The molecule has 0 radical (unpaired) electrons. The second kappa shape index (κ2) is 3.62. The van der Waals surface area contributed by atoms with Gasteiger partial charge in [0, 0.05) is 25.2 Å². The van der Waals surface area contributed by atoms with Crippen LogP contribution in [0.4, 0.5) is 5.69 Å². The van der Waals surface area contributed by atoms with Crippen molar-refractivity contribution >= 4 is 5.69 Å². The molecule has 0 fully saturated rings. The number of likely N-dealkylation sites (N-methyl/N-ethyl adjacent to an activating group) is 1. The number of anilines is 1. The van der Waals surface area contributed by atoms with Gasteiger partial charge in [0.05, 0.1) is 6.61 Å². The maximum atomic E-state index is 9.08. The molecule has 0 aromatic heterocycles. The van der Waals surface area contributed by atoms with Gasteiger partial charge < -0.3 is 10.0 Å². The molecule has 0 bridgehead atoms. The summed E-state index contributed by atoms with van der Waals surface area (Å²) in [7, 11) is 2.13. The van der Waals surface area contributed by atoms with Crippen molar-refractivity contribution in [3.05, 3.63) is 29.3 Å². The standard InChI is InChI=1S/C12H17NO/c1-3-10-7-13(2)12-5-4-9(8-14)6-11(10)12/h4-6,10,14H,3,7-8H2,1-2H3. The lowest BCUT2D eigenvalue weighted by atomic mass is 9.97. The summed E-state index contributed by atoms with van der Waals surface area (Å²) in [6.45, 7) is 3.48. The average molecular weight is 191 g/mol. The van der Waals surface area contributed by atoms with Crippen molar-refractivity contribution in [2.75, 3.05) is 18.5 Å². The summed E-state index contributed by atoms with van der Waals surface area (Å²) in [6, 6.07) is 6.27. The van der Waals surface area contributed by atoms with Crippen LogP contribution in [0, 0.1) is 0 Å². The summed E-state index contributed by atoms with van der Waals surface area (Å²) in [5.41, 5.74) is 3.76. The van der Waals surface area contributed by atoms with Crippen molar-refractivity contribution in [2.24, 2.45) is 0 Å². The minimum absolute atomic E-state index is 0.146. The molecule has 0 saturated heterocycles. The van der Waals surface area contributed by atoms with Gasteiger partial charge in [-0.2, -0.15) is 0 Å². The summed E-state index contributed by atoms with van der Waals surface area (Å²) in [5.74, 6) is 0.640. The quantitative estimate of drug-likeness (QED) is 0.774. The zero-order chi connectivity index (χ0) is 10.1. The van der Waals surface area contributed by atoms with E-state index < -0.39 is 0 Å². The number of benzene rings is 1. The van der Waals surface area contributed by atoms with Crippen LogP contribution in [0.3, 0.4) is 0 Å². The van der Waals surface area contributed by atoms with E-state index in [1.54, 1.807) is 0 Å². The molecular weight excluding hydrogens is 174 g/mol. The predicted octanol–water partition coefficient (Wildman–Crippen LogP) is 2.12. The Hall–Kier alpha value is -1.02. The molecule has 0 saturated carbocycles. The summed E-state index contributed by atoms with van der Waals surface area (Å²) in [5, 5.41) is 9.08. The number of aliphatic hydroxyl groups is 1. The topological polar surface area (TPSA) is 23.5 Å². The first kappa shape index (κ1) is 9.53. The van der Waals surface area contributed by atoms with Crippen molar-refractivity contribution in [3.63, 3.8) is 0 Å². The molecule has 76 valence electrons. The van der Waals surface area contributed by atoms with Crippen molar-refractivity contribution in [1.82, 2.24) is 0 Å². The van der Waals surface area contributed by atoms with Gasteiger partial charge in [-0.1, -0.05) is 19.1 Å². The summed E-state index contributed by atoms with van der Waals surface area (Å²) in [4.78, 5) is 2.30. The fraction of sp³-hybridized carbons (Fsp3) is 0.500. The van der Waals surface area contributed by atoms with Crippen LogP contribution in [0.15, 0.2) is 18.2 Å². The molecule has 0 spiro atoms. The van der Waals surface area contributed by atoms with Crippen LogP contribution in [0.1, 0.15) is 30.4 Å². The molecule has 1 atom stereocenters. The first-order valence-corrected chi connectivity index (χ1v) is 5.21. The fourth-order valence-corrected chi connectivity index (χ4v) is 2.25. The molecule has 14 heavy (non-hydrogen) atoms. The molecule has 0 aliphatic carbocycles. The van der Waals surface area contributed by atoms with E-state index in [1.165, 1.54) is 17.7 Å². The lowest BCUT2D eigenvalue weighted by molar-refractivity contribution is 0.281. The normalized spacial score (nSPS) is 19.9. The van der Waals surface area contributed by atoms with E-state index in [9.17, 15) is 0 Å². The van der Waals surface area contributed by atoms with Gasteiger partial charge in [-0.05, 0) is 23.6 Å². The molecule has 1 unspecified atom stereocenters. The van der Waals surface area contributed by atoms with Crippen molar-refractivity contribution < 1.29 is 5.11 Å². The van der Waals surface area contributed by atoms with Gasteiger partial charge in [0.25, 0.3) is 0 Å². The molecule has 1 N–H and O–H groups in total. The van der Waals surface area contributed by atoms with Gasteiger partial charge in [-0.25, -0.2) is 0 Å². The van der Waals surface area contributed by atoms with Crippen molar-refractivity contribution in [3.8, 4) is 0 Å². The number of nitrogens with zero attached hydrogens (tertiary/aromatic N) is 1. The van der Waals surface area contributed by atoms with Crippen molar-refractivity contribution in [1.29, 1.82) is 0 Å². The highest BCUT2D eigenvalue weighted by molar-refractivity contribution is 5.60. The van der Waals surface area contributed by atoms with Crippen LogP contribution in [0.25, 0.3) is 0 Å². The molecule has 2 nitrogen and oxygen atoms in total. The Kier molecular flexibility index (Phi) is 2.46. The smallest absolute Gasteiger partial charge is 0.0681 e. The van der Waals surface area contributed by atoms with E-state index in [2.05, 4.69) is 31.0 Å². The predicted molar refractivity (Wildman–Crippen MR) is 58.7 cm³/mol. The fourth-order valence-electron chi connectivity index (χ4n) is 2.25. The third-order valence-electron chi connectivity index (χ3n) is 3.11. The van der Waals surface area contributed by atoms with Gasteiger partial charge >= 0.3 is 0 Å². The van der Waals surface area contributed by atoms with Crippen LogP contribution in [0.5, 0.6) is 0 Å². The van der Waals surface area contributed by atoms with Crippen LogP contribution in [-0.2, 0) is 6.61 Å². The van der Waals surface area contributed by atoms with Crippen LogP contribution >= 0.6 is 0 Å². The van der Waals surface area contributed by atoms with Crippen molar-refractivity contribution in [2.45, 2.75) is 25.9 Å². The highest BCUT2D eigenvalue weighted by atomic mass is 16.3. The van der Waals surface area contributed by atoms with E-state index in [0.717, 1.165) is 12.1 Å². The first-order chi connectivity index (χ1) is 6.76. The van der Waals surface area contributed by atoms with Gasteiger partial charge in [-0.15, -0.1) is 0 Å². The Bertz CT molecular complexity index is 335. The minimum Gasteiger partial charge on any atom is -0.392 e. The number of hydrogen-bond acceptors (Lipinski definition) is 2. The molecule has 1 aliphatic heterocycles. The van der Waals surface area contributed by atoms with E-state index in [-0.39, 0.29) is 6.61 Å². The lowest BCUT2D eigenvalue weighted by Gasteiger charge is -2.11. The Morgan fingerprint density at radius 1 is 1.50 bits per heavy atom. The molecular formula is C12H17NO. The minimum atomic E-state index is 0.146. The first-order valence-electron chi connectivity index (χ1n) is 5.21. The van der Waals surface area contributed by atoms with Gasteiger partial charge in [0.15, 0.2) is 0 Å². The van der Waals surface area contributed by atoms with Crippen LogP contribution < -0.4 is 4.90 Å². The Morgan fingerprint density at radius 2 is 2.29 bits per heavy atom. The highest BCUT2D eigenvalue weighted by Crippen LogP contribution is 2.37. The molecule has 2 rings (SSSR count). The number of rotatable bonds is 2. The number of hydrogen-bond donors (Lipinski definition) is 1. The van der Waals surface area contributed by atoms with E-state index in [4.69, 9.17) is 5.11 Å². The Morgan fingerprint density at radius 3 is 2.93 bits per heavy atom. The molecule has 2 heteroatoms. The SMILES string of the molecule is CCC1CN(C)c2ccc(CO)cc21.